The van der Waals surface area contributed by atoms with Crippen LogP contribution in [0.3, 0.4) is 0 Å². The van der Waals surface area contributed by atoms with Crippen LogP contribution in [0.25, 0.3) is 21.1 Å². The SMILES string of the molecule is c1csc(-c2ccc(CNCCNCc3ccc(-c4nccs4)cc3)cc2)n1. The third-order valence-corrected chi connectivity index (χ3v) is 6.05. The first-order valence-corrected chi connectivity index (χ1v) is 11.0. The summed E-state index contributed by atoms with van der Waals surface area (Å²) >= 11 is 3.34. The van der Waals surface area contributed by atoms with Crippen LogP contribution in [-0.4, -0.2) is 23.1 Å². The molecule has 0 aliphatic rings. The van der Waals surface area contributed by atoms with E-state index in [-0.39, 0.29) is 0 Å². The zero-order valence-corrected chi connectivity index (χ0v) is 17.1. The van der Waals surface area contributed by atoms with E-state index < -0.39 is 0 Å². The summed E-state index contributed by atoms with van der Waals surface area (Å²) in [4.78, 5) is 8.69. The molecule has 2 N–H and O–H groups in total. The average Bonchev–Trinajstić information content (AvgIpc) is 3.46. The van der Waals surface area contributed by atoms with Crippen LogP contribution >= 0.6 is 22.7 Å². The number of thiazole rings is 2. The molecule has 0 fully saturated rings. The summed E-state index contributed by atoms with van der Waals surface area (Å²) in [5.41, 5.74) is 4.94. The largest absolute Gasteiger partial charge is 0.311 e. The molecule has 0 saturated heterocycles. The molecule has 0 radical (unpaired) electrons. The van der Waals surface area contributed by atoms with Gasteiger partial charge in [-0.25, -0.2) is 9.97 Å². The van der Waals surface area contributed by atoms with Gasteiger partial charge < -0.3 is 10.6 Å². The van der Waals surface area contributed by atoms with Crippen LogP contribution < -0.4 is 10.6 Å². The predicted octanol–water partition coefficient (Wildman–Crippen LogP) is 4.81. The monoisotopic (exact) mass is 406 g/mol. The number of aromatic nitrogens is 2. The fourth-order valence-electron chi connectivity index (χ4n) is 2.90. The van der Waals surface area contributed by atoms with Crippen molar-refractivity contribution in [1.29, 1.82) is 0 Å². The Balaban J connectivity index is 1.14. The summed E-state index contributed by atoms with van der Waals surface area (Å²) in [6.45, 7) is 3.63. The Morgan fingerprint density at radius 2 is 1.04 bits per heavy atom. The fraction of sp³-hybridized carbons (Fsp3) is 0.182. The molecule has 0 spiro atoms. The summed E-state index contributed by atoms with van der Waals surface area (Å²) in [6, 6.07) is 17.2. The van der Waals surface area contributed by atoms with Gasteiger partial charge in [-0.05, 0) is 11.1 Å². The molecular formula is C22H22N4S2. The second-order valence-corrected chi connectivity index (χ2v) is 8.21. The summed E-state index contributed by atoms with van der Waals surface area (Å²) in [6.07, 6.45) is 3.69. The van der Waals surface area contributed by atoms with Crippen molar-refractivity contribution in [2.45, 2.75) is 13.1 Å². The lowest BCUT2D eigenvalue weighted by atomic mass is 10.1. The average molecular weight is 407 g/mol. The molecule has 2 aromatic carbocycles. The van der Waals surface area contributed by atoms with Gasteiger partial charge in [-0.3, -0.25) is 0 Å². The number of hydrogen-bond donors (Lipinski definition) is 2. The van der Waals surface area contributed by atoms with Crippen LogP contribution in [0, 0.1) is 0 Å². The molecule has 0 bridgehead atoms. The number of benzene rings is 2. The fourth-order valence-corrected chi connectivity index (χ4v) is 4.19. The van der Waals surface area contributed by atoms with Gasteiger partial charge in [0, 0.05) is 60.5 Å². The van der Waals surface area contributed by atoms with E-state index in [1.165, 1.54) is 22.3 Å². The van der Waals surface area contributed by atoms with Crippen molar-refractivity contribution in [1.82, 2.24) is 20.6 Å². The molecular weight excluding hydrogens is 384 g/mol. The minimum atomic E-state index is 0.877. The molecule has 4 rings (SSSR count). The van der Waals surface area contributed by atoms with E-state index >= 15 is 0 Å². The first kappa shape index (κ1) is 19.0. The highest BCUT2D eigenvalue weighted by atomic mass is 32.1. The quantitative estimate of drug-likeness (QED) is 0.392. The smallest absolute Gasteiger partial charge is 0.123 e. The first-order valence-electron chi connectivity index (χ1n) is 9.27. The van der Waals surface area contributed by atoms with Crippen molar-refractivity contribution in [3.8, 4) is 21.1 Å². The van der Waals surface area contributed by atoms with Crippen molar-refractivity contribution in [2.24, 2.45) is 0 Å². The van der Waals surface area contributed by atoms with Gasteiger partial charge in [-0.1, -0.05) is 48.5 Å². The van der Waals surface area contributed by atoms with Crippen molar-refractivity contribution < 1.29 is 0 Å². The van der Waals surface area contributed by atoms with Gasteiger partial charge >= 0.3 is 0 Å². The third kappa shape index (κ3) is 5.11. The molecule has 28 heavy (non-hydrogen) atoms. The molecule has 0 aliphatic heterocycles. The highest BCUT2D eigenvalue weighted by Crippen LogP contribution is 2.22. The lowest BCUT2D eigenvalue weighted by Gasteiger charge is -2.08. The second kappa shape index (κ2) is 9.71. The maximum Gasteiger partial charge on any atom is 0.123 e. The van der Waals surface area contributed by atoms with E-state index in [0.717, 1.165) is 36.2 Å². The van der Waals surface area contributed by atoms with Crippen LogP contribution in [-0.2, 0) is 13.1 Å². The van der Waals surface area contributed by atoms with Gasteiger partial charge in [0.1, 0.15) is 10.0 Å². The molecule has 0 saturated carbocycles. The van der Waals surface area contributed by atoms with Gasteiger partial charge in [-0.15, -0.1) is 22.7 Å². The van der Waals surface area contributed by atoms with E-state index in [9.17, 15) is 0 Å². The van der Waals surface area contributed by atoms with Crippen molar-refractivity contribution in [3.63, 3.8) is 0 Å². The van der Waals surface area contributed by atoms with E-state index in [1.54, 1.807) is 22.7 Å². The summed E-state index contributed by atoms with van der Waals surface area (Å²) in [7, 11) is 0. The molecule has 0 amide bonds. The summed E-state index contributed by atoms with van der Waals surface area (Å²) in [5, 5.41) is 13.1. The summed E-state index contributed by atoms with van der Waals surface area (Å²) < 4.78 is 0. The van der Waals surface area contributed by atoms with Gasteiger partial charge in [0.2, 0.25) is 0 Å². The van der Waals surface area contributed by atoms with Crippen LogP contribution in [0.5, 0.6) is 0 Å². The number of nitrogens with zero attached hydrogens (tertiary/aromatic N) is 2. The Morgan fingerprint density at radius 1 is 0.607 bits per heavy atom. The maximum absolute atomic E-state index is 4.35. The van der Waals surface area contributed by atoms with Gasteiger partial charge in [0.05, 0.1) is 0 Å². The molecule has 4 nitrogen and oxygen atoms in total. The molecule has 0 atom stereocenters. The molecule has 0 unspecified atom stereocenters. The Bertz CT molecular complexity index is 865. The maximum atomic E-state index is 4.35. The number of hydrogen-bond acceptors (Lipinski definition) is 6. The van der Waals surface area contributed by atoms with Crippen LogP contribution in [0.4, 0.5) is 0 Å². The van der Waals surface area contributed by atoms with E-state index in [2.05, 4.69) is 69.1 Å². The Hall–Kier alpha value is -2.38. The Labute approximate surface area is 173 Å². The van der Waals surface area contributed by atoms with E-state index in [4.69, 9.17) is 0 Å². The minimum Gasteiger partial charge on any atom is -0.311 e. The highest BCUT2D eigenvalue weighted by molar-refractivity contribution is 7.13. The molecule has 6 heteroatoms. The lowest BCUT2D eigenvalue weighted by molar-refractivity contribution is 0.611. The first-order chi connectivity index (χ1) is 13.9. The van der Waals surface area contributed by atoms with E-state index in [0.29, 0.717) is 0 Å². The van der Waals surface area contributed by atoms with Crippen LogP contribution in [0.1, 0.15) is 11.1 Å². The molecule has 4 aromatic rings. The lowest BCUT2D eigenvalue weighted by Crippen LogP contribution is -2.26. The highest BCUT2D eigenvalue weighted by Gasteiger charge is 2.01. The topological polar surface area (TPSA) is 49.8 Å². The van der Waals surface area contributed by atoms with Crippen LogP contribution in [0.2, 0.25) is 0 Å². The normalized spacial score (nSPS) is 11.0. The van der Waals surface area contributed by atoms with Crippen molar-refractivity contribution in [3.05, 3.63) is 82.8 Å². The molecule has 142 valence electrons. The molecule has 2 heterocycles. The Kier molecular flexibility index (Phi) is 6.57. The minimum absolute atomic E-state index is 0.877. The van der Waals surface area contributed by atoms with Crippen LogP contribution in [0.15, 0.2) is 71.7 Å². The zero-order chi connectivity index (χ0) is 19.0. The number of nitrogens with one attached hydrogen (secondary N) is 2. The second-order valence-electron chi connectivity index (χ2n) is 6.42. The van der Waals surface area contributed by atoms with Crippen molar-refractivity contribution in [2.75, 3.05) is 13.1 Å². The van der Waals surface area contributed by atoms with Gasteiger partial charge in [0.15, 0.2) is 0 Å². The zero-order valence-electron chi connectivity index (χ0n) is 15.5. The molecule has 2 aromatic heterocycles. The number of rotatable bonds is 9. The van der Waals surface area contributed by atoms with E-state index in [1.807, 2.05) is 23.2 Å². The standard InChI is InChI=1S/C22H22N4S2/c1-5-19(21-25-11-13-27-21)6-2-17(1)15-23-9-10-24-16-18-3-7-20(8-4-18)22-26-12-14-28-22/h1-8,11-14,23-24H,9-10,15-16H2. The van der Waals surface area contributed by atoms with Crippen molar-refractivity contribution >= 4 is 22.7 Å². The Morgan fingerprint density at radius 3 is 1.39 bits per heavy atom. The van der Waals surface area contributed by atoms with Gasteiger partial charge in [0.25, 0.3) is 0 Å². The van der Waals surface area contributed by atoms with Gasteiger partial charge in [-0.2, -0.15) is 0 Å². The molecule has 0 aliphatic carbocycles. The summed E-state index contributed by atoms with van der Waals surface area (Å²) in [5.74, 6) is 0. The third-order valence-electron chi connectivity index (χ3n) is 4.40. The predicted molar refractivity (Wildman–Crippen MR) is 119 cm³/mol.